The van der Waals surface area contributed by atoms with Crippen LogP contribution >= 0.6 is 0 Å². The van der Waals surface area contributed by atoms with Crippen LogP contribution in [-0.4, -0.2) is 38.3 Å². The van der Waals surface area contributed by atoms with Crippen molar-refractivity contribution >= 4 is 11.5 Å². The van der Waals surface area contributed by atoms with Gasteiger partial charge in [0.05, 0.1) is 6.61 Å². The quantitative estimate of drug-likeness (QED) is 0.753. The predicted octanol–water partition coefficient (Wildman–Crippen LogP) is 2.38. The largest absolute Gasteiger partial charge is 0.383 e. The van der Waals surface area contributed by atoms with Gasteiger partial charge in [-0.3, -0.25) is 0 Å². The van der Waals surface area contributed by atoms with E-state index in [-0.39, 0.29) is 0 Å². The summed E-state index contributed by atoms with van der Waals surface area (Å²) in [4.78, 5) is 6.58. The van der Waals surface area contributed by atoms with Crippen LogP contribution in [0.15, 0.2) is 18.3 Å². The summed E-state index contributed by atoms with van der Waals surface area (Å²) in [6.45, 7) is 7.88. The van der Waals surface area contributed by atoms with Crippen molar-refractivity contribution < 1.29 is 4.74 Å². The second-order valence-corrected chi connectivity index (χ2v) is 3.90. The number of anilines is 2. The summed E-state index contributed by atoms with van der Waals surface area (Å²) in [7, 11) is 1.73. The fourth-order valence-corrected chi connectivity index (χ4v) is 1.64. The second-order valence-electron chi connectivity index (χ2n) is 3.90. The molecule has 0 unspecified atom stereocenters. The Balaban J connectivity index is 2.66. The molecule has 0 spiro atoms. The zero-order chi connectivity index (χ0) is 12.5. The molecule has 0 saturated carbocycles. The summed E-state index contributed by atoms with van der Waals surface area (Å²) in [5, 5.41) is 3.30. The first-order valence-corrected chi connectivity index (χ1v) is 6.25. The van der Waals surface area contributed by atoms with Crippen molar-refractivity contribution in [1.29, 1.82) is 0 Å². The van der Waals surface area contributed by atoms with Crippen LogP contribution in [0.5, 0.6) is 0 Å². The minimum atomic E-state index is 0.744. The van der Waals surface area contributed by atoms with Gasteiger partial charge in [-0.05, 0) is 19.4 Å². The lowest BCUT2D eigenvalue weighted by Gasteiger charge is -2.23. The minimum absolute atomic E-state index is 0.744. The van der Waals surface area contributed by atoms with E-state index >= 15 is 0 Å². The molecule has 0 radical (unpaired) electrons. The molecule has 0 aliphatic heterocycles. The van der Waals surface area contributed by atoms with E-state index < -0.39 is 0 Å². The number of methoxy groups -OCH3 is 1. The Morgan fingerprint density at radius 2 is 2.24 bits per heavy atom. The first-order chi connectivity index (χ1) is 8.31. The van der Waals surface area contributed by atoms with E-state index in [1.54, 1.807) is 7.11 Å². The number of likely N-dealkylation sites (N-methyl/N-ethyl adjacent to an activating group) is 1. The number of nitrogens with one attached hydrogen (secondary N) is 1. The molecule has 0 aliphatic carbocycles. The molecule has 17 heavy (non-hydrogen) atoms. The van der Waals surface area contributed by atoms with Crippen molar-refractivity contribution in [3.8, 4) is 0 Å². The van der Waals surface area contributed by atoms with Crippen LogP contribution in [0.4, 0.5) is 11.5 Å². The Hall–Kier alpha value is -1.29. The van der Waals surface area contributed by atoms with Crippen LogP contribution < -0.4 is 10.2 Å². The lowest BCUT2D eigenvalue weighted by molar-refractivity contribution is 0.205. The van der Waals surface area contributed by atoms with Gasteiger partial charge in [-0.1, -0.05) is 6.92 Å². The van der Waals surface area contributed by atoms with E-state index in [2.05, 4.69) is 35.1 Å². The van der Waals surface area contributed by atoms with Gasteiger partial charge in [0.15, 0.2) is 0 Å². The fourth-order valence-electron chi connectivity index (χ4n) is 1.64. The van der Waals surface area contributed by atoms with Crippen LogP contribution in [0, 0.1) is 0 Å². The van der Waals surface area contributed by atoms with Gasteiger partial charge >= 0.3 is 0 Å². The third-order valence-electron chi connectivity index (χ3n) is 2.61. The topological polar surface area (TPSA) is 37.4 Å². The van der Waals surface area contributed by atoms with Crippen LogP contribution in [0.2, 0.25) is 0 Å². The molecule has 0 amide bonds. The molecule has 0 atom stereocenters. The van der Waals surface area contributed by atoms with E-state index in [0.717, 1.165) is 38.5 Å². The van der Waals surface area contributed by atoms with Crippen LogP contribution in [0.3, 0.4) is 0 Å². The highest BCUT2D eigenvalue weighted by Gasteiger charge is 2.04. The Bertz CT molecular complexity index is 317. The highest BCUT2D eigenvalue weighted by Crippen LogP contribution is 2.16. The fraction of sp³-hybridized carbons (Fsp3) is 0.615. The van der Waals surface area contributed by atoms with E-state index in [0.29, 0.717) is 0 Å². The van der Waals surface area contributed by atoms with Gasteiger partial charge in [-0.25, -0.2) is 4.98 Å². The Morgan fingerprint density at radius 3 is 2.88 bits per heavy atom. The standard InChI is InChI=1S/C13H23N3O/c1-4-7-14-13-11-12(6-8-15-13)16(5-2)9-10-17-3/h6,8,11H,4-5,7,9-10H2,1-3H3,(H,14,15). The molecule has 96 valence electrons. The summed E-state index contributed by atoms with van der Waals surface area (Å²) in [6, 6.07) is 4.13. The normalized spacial score (nSPS) is 10.3. The van der Waals surface area contributed by atoms with Crippen LogP contribution in [-0.2, 0) is 4.74 Å². The molecule has 1 rings (SSSR count). The van der Waals surface area contributed by atoms with E-state index in [9.17, 15) is 0 Å². The summed E-state index contributed by atoms with van der Waals surface area (Å²) in [5.74, 6) is 0.945. The first kappa shape index (κ1) is 13.8. The molecule has 0 aliphatic rings. The number of ether oxygens (including phenoxy) is 1. The van der Waals surface area contributed by atoms with E-state index in [1.807, 2.05) is 12.3 Å². The number of rotatable bonds is 8. The van der Waals surface area contributed by atoms with Crippen molar-refractivity contribution in [3.05, 3.63) is 18.3 Å². The van der Waals surface area contributed by atoms with Crippen molar-refractivity contribution in [2.75, 3.05) is 43.6 Å². The van der Waals surface area contributed by atoms with Crippen molar-refractivity contribution in [2.45, 2.75) is 20.3 Å². The van der Waals surface area contributed by atoms with Gasteiger partial charge in [0.1, 0.15) is 5.82 Å². The van der Waals surface area contributed by atoms with Gasteiger partial charge in [-0.15, -0.1) is 0 Å². The molecule has 0 bridgehead atoms. The maximum Gasteiger partial charge on any atom is 0.127 e. The molecule has 0 saturated heterocycles. The molecule has 1 aromatic heterocycles. The van der Waals surface area contributed by atoms with E-state index in [1.165, 1.54) is 5.69 Å². The molecule has 0 aromatic carbocycles. The predicted molar refractivity (Wildman–Crippen MR) is 72.8 cm³/mol. The summed E-state index contributed by atoms with van der Waals surface area (Å²) in [5.41, 5.74) is 1.19. The Kier molecular flexibility index (Phi) is 6.40. The van der Waals surface area contributed by atoms with Crippen LogP contribution in [0.1, 0.15) is 20.3 Å². The SMILES string of the molecule is CCCNc1cc(N(CC)CCOC)ccn1. The number of aromatic nitrogens is 1. The lowest BCUT2D eigenvalue weighted by Crippen LogP contribution is -2.26. The summed E-state index contributed by atoms with van der Waals surface area (Å²) >= 11 is 0. The maximum absolute atomic E-state index is 5.12. The first-order valence-electron chi connectivity index (χ1n) is 6.25. The number of hydrogen-bond acceptors (Lipinski definition) is 4. The minimum Gasteiger partial charge on any atom is -0.383 e. The van der Waals surface area contributed by atoms with Gasteiger partial charge < -0.3 is 15.0 Å². The molecule has 4 nitrogen and oxygen atoms in total. The van der Waals surface area contributed by atoms with Gasteiger partial charge in [0.25, 0.3) is 0 Å². The van der Waals surface area contributed by atoms with Crippen molar-refractivity contribution in [2.24, 2.45) is 0 Å². The lowest BCUT2D eigenvalue weighted by atomic mass is 10.3. The van der Waals surface area contributed by atoms with Gasteiger partial charge in [0, 0.05) is 44.7 Å². The van der Waals surface area contributed by atoms with Gasteiger partial charge in [0.2, 0.25) is 0 Å². The van der Waals surface area contributed by atoms with E-state index in [4.69, 9.17) is 4.74 Å². The number of nitrogens with zero attached hydrogens (tertiary/aromatic N) is 2. The third kappa shape index (κ3) is 4.61. The van der Waals surface area contributed by atoms with Gasteiger partial charge in [-0.2, -0.15) is 0 Å². The number of pyridine rings is 1. The molecular formula is C13H23N3O. The van der Waals surface area contributed by atoms with Crippen molar-refractivity contribution in [1.82, 2.24) is 4.98 Å². The molecule has 0 fully saturated rings. The molecule has 1 heterocycles. The summed E-state index contributed by atoms with van der Waals surface area (Å²) in [6.07, 6.45) is 2.95. The zero-order valence-electron chi connectivity index (χ0n) is 11.1. The number of hydrogen-bond donors (Lipinski definition) is 1. The average Bonchev–Trinajstić information content (AvgIpc) is 2.38. The highest BCUT2D eigenvalue weighted by molar-refractivity contribution is 5.53. The zero-order valence-corrected chi connectivity index (χ0v) is 11.1. The third-order valence-corrected chi connectivity index (χ3v) is 2.61. The highest BCUT2D eigenvalue weighted by atomic mass is 16.5. The van der Waals surface area contributed by atoms with Crippen LogP contribution in [0.25, 0.3) is 0 Å². The summed E-state index contributed by atoms with van der Waals surface area (Å²) < 4.78 is 5.12. The Morgan fingerprint density at radius 1 is 1.41 bits per heavy atom. The second kappa shape index (κ2) is 7.90. The molecular weight excluding hydrogens is 214 g/mol. The Labute approximate surface area is 104 Å². The molecule has 1 N–H and O–H groups in total. The van der Waals surface area contributed by atoms with Crippen molar-refractivity contribution in [3.63, 3.8) is 0 Å². The smallest absolute Gasteiger partial charge is 0.127 e. The maximum atomic E-state index is 5.12. The molecule has 1 aromatic rings. The monoisotopic (exact) mass is 237 g/mol. The average molecular weight is 237 g/mol. The molecule has 4 heteroatoms.